The topological polar surface area (TPSA) is 123 Å². The van der Waals surface area contributed by atoms with Gasteiger partial charge >= 0.3 is 11.9 Å². The first-order valence-corrected chi connectivity index (χ1v) is 15.6. The number of carbonyl (C=O) groups is 3. The summed E-state index contributed by atoms with van der Waals surface area (Å²) in [4.78, 5) is 37.9. The number of ether oxygens (including phenoxy) is 3. The Hall–Kier alpha value is -3.95. The Kier molecular flexibility index (Phi) is 14.3. The molecule has 0 bridgehead atoms. The summed E-state index contributed by atoms with van der Waals surface area (Å²) in [6.07, 6.45) is 3.59. The number of aliphatic carboxylic acids is 2. The van der Waals surface area contributed by atoms with Gasteiger partial charge in [-0.3, -0.25) is 4.79 Å². The number of aryl methyl sites for hydroxylation is 4. The molecule has 0 fully saturated rings. The van der Waals surface area contributed by atoms with Gasteiger partial charge < -0.3 is 29.3 Å². The highest BCUT2D eigenvalue weighted by atomic mass is 16.6. The van der Waals surface area contributed by atoms with Crippen LogP contribution in [-0.4, -0.2) is 79.1 Å². The predicted octanol–water partition coefficient (Wildman–Crippen LogP) is 5.99. The zero-order chi connectivity index (χ0) is 32.8. The van der Waals surface area contributed by atoms with Crippen LogP contribution < -0.4 is 4.74 Å². The molecule has 45 heavy (non-hydrogen) atoms. The lowest BCUT2D eigenvalue weighted by Gasteiger charge is -2.27. The first kappa shape index (κ1) is 35.5. The molecule has 0 aliphatic heterocycles. The zero-order valence-corrected chi connectivity index (χ0v) is 26.9. The summed E-state index contributed by atoms with van der Waals surface area (Å²) in [5.74, 6) is -2.47. The van der Waals surface area contributed by atoms with E-state index < -0.39 is 36.7 Å². The van der Waals surface area contributed by atoms with E-state index in [1.54, 1.807) is 14.2 Å². The van der Waals surface area contributed by atoms with E-state index in [0.29, 0.717) is 13.0 Å². The molecule has 1 amide bonds. The summed E-state index contributed by atoms with van der Waals surface area (Å²) in [5.41, 5.74) is 5.02. The molecular weight excluding hydrogens is 574 g/mol. The quantitative estimate of drug-likeness (QED) is 0.148. The normalized spacial score (nSPS) is 12.5. The second-order valence-corrected chi connectivity index (χ2v) is 11.6. The SMILES string of the molecule is COc1ccc2cc(CCCCCN(C)C(=O)C(OCCCCCc3ccc(C)c(C)c3)C(OCC(=O)O)C(=O)O)ccc2c1. The van der Waals surface area contributed by atoms with Crippen LogP contribution >= 0.6 is 0 Å². The third-order valence-electron chi connectivity index (χ3n) is 8.07. The molecule has 9 nitrogen and oxygen atoms in total. The average molecular weight is 622 g/mol. The molecule has 0 saturated heterocycles. The van der Waals surface area contributed by atoms with Crippen molar-refractivity contribution < 1.29 is 38.8 Å². The van der Waals surface area contributed by atoms with Gasteiger partial charge in [0.1, 0.15) is 12.4 Å². The van der Waals surface area contributed by atoms with Gasteiger partial charge in [-0.05, 0) is 97.5 Å². The van der Waals surface area contributed by atoms with Gasteiger partial charge in [0.2, 0.25) is 0 Å². The van der Waals surface area contributed by atoms with Crippen molar-refractivity contribution in [2.45, 2.75) is 77.4 Å². The number of carboxylic acids is 2. The van der Waals surface area contributed by atoms with Crippen molar-refractivity contribution in [1.82, 2.24) is 4.90 Å². The lowest BCUT2D eigenvalue weighted by Crippen LogP contribution is -2.50. The zero-order valence-electron chi connectivity index (χ0n) is 26.9. The highest BCUT2D eigenvalue weighted by Gasteiger charge is 2.37. The van der Waals surface area contributed by atoms with E-state index >= 15 is 0 Å². The Morgan fingerprint density at radius 2 is 1.38 bits per heavy atom. The second kappa shape index (κ2) is 18.1. The van der Waals surface area contributed by atoms with Gasteiger partial charge in [0.15, 0.2) is 12.2 Å². The number of carboxylic acid groups (broad SMARTS) is 2. The molecule has 9 heteroatoms. The van der Waals surface area contributed by atoms with Gasteiger partial charge in [-0.25, -0.2) is 9.59 Å². The maximum Gasteiger partial charge on any atom is 0.336 e. The summed E-state index contributed by atoms with van der Waals surface area (Å²) in [5, 5.41) is 21.1. The number of methoxy groups -OCH3 is 1. The summed E-state index contributed by atoms with van der Waals surface area (Å²) in [6, 6.07) is 18.8. The molecule has 244 valence electrons. The minimum absolute atomic E-state index is 0.163. The Morgan fingerprint density at radius 3 is 2.04 bits per heavy atom. The summed E-state index contributed by atoms with van der Waals surface area (Å²) >= 11 is 0. The van der Waals surface area contributed by atoms with Crippen LogP contribution in [0.2, 0.25) is 0 Å². The molecule has 0 radical (unpaired) electrons. The van der Waals surface area contributed by atoms with Crippen LogP contribution in [0.1, 0.15) is 60.8 Å². The number of rotatable bonds is 20. The molecule has 0 spiro atoms. The van der Waals surface area contributed by atoms with Crippen LogP contribution in [-0.2, 0) is 36.7 Å². The van der Waals surface area contributed by atoms with Crippen LogP contribution in [0.3, 0.4) is 0 Å². The molecule has 0 heterocycles. The van der Waals surface area contributed by atoms with Crippen LogP contribution in [0.4, 0.5) is 0 Å². The smallest absolute Gasteiger partial charge is 0.336 e. The summed E-state index contributed by atoms with van der Waals surface area (Å²) < 4.78 is 16.2. The predicted molar refractivity (Wildman–Crippen MR) is 174 cm³/mol. The van der Waals surface area contributed by atoms with Crippen molar-refractivity contribution in [2.75, 3.05) is 33.9 Å². The van der Waals surface area contributed by atoms with E-state index in [0.717, 1.165) is 61.5 Å². The third kappa shape index (κ3) is 11.5. The average Bonchev–Trinajstić information content (AvgIpc) is 3.02. The van der Waals surface area contributed by atoms with E-state index in [-0.39, 0.29) is 6.61 Å². The van der Waals surface area contributed by atoms with E-state index in [2.05, 4.69) is 50.2 Å². The minimum Gasteiger partial charge on any atom is -0.497 e. The fraction of sp³-hybridized carbons (Fsp3) is 0.472. The van der Waals surface area contributed by atoms with E-state index in [4.69, 9.17) is 19.3 Å². The largest absolute Gasteiger partial charge is 0.497 e. The monoisotopic (exact) mass is 621 g/mol. The van der Waals surface area contributed by atoms with Gasteiger partial charge in [0.05, 0.1) is 7.11 Å². The first-order valence-electron chi connectivity index (χ1n) is 15.6. The lowest BCUT2D eigenvalue weighted by atomic mass is 10.0. The Balaban J connectivity index is 1.48. The molecular formula is C36H47NO8. The molecule has 2 unspecified atom stereocenters. The number of hydrogen-bond acceptors (Lipinski definition) is 6. The number of hydrogen-bond donors (Lipinski definition) is 2. The van der Waals surface area contributed by atoms with Crippen molar-refractivity contribution in [2.24, 2.45) is 0 Å². The van der Waals surface area contributed by atoms with Crippen molar-refractivity contribution in [3.8, 4) is 5.75 Å². The molecule has 3 aromatic rings. The molecule has 0 aliphatic rings. The van der Waals surface area contributed by atoms with Gasteiger partial charge in [-0.15, -0.1) is 0 Å². The number of carbonyl (C=O) groups excluding carboxylic acids is 1. The number of unbranched alkanes of at least 4 members (excludes halogenated alkanes) is 4. The molecule has 0 aliphatic carbocycles. The van der Waals surface area contributed by atoms with E-state index in [1.165, 1.54) is 27.2 Å². The molecule has 3 rings (SSSR count). The number of fused-ring (bicyclic) bond motifs is 1. The molecule has 0 aromatic heterocycles. The Morgan fingerprint density at radius 1 is 0.733 bits per heavy atom. The minimum atomic E-state index is -1.72. The number of benzene rings is 3. The van der Waals surface area contributed by atoms with Gasteiger partial charge in [-0.1, -0.05) is 55.3 Å². The summed E-state index contributed by atoms with van der Waals surface area (Å²) in [7, 11) is 3.26. The molecule has 2 atom stereocenters. The van der Waals surface area contributed by atoms with Crippen molar-refractivity contribution in [3.05, 3.63) is 76.9 Å². The van der Waals surface area contributed by atoms with Crippen LogP contribution in [0, 0.1) is 13.8 Å². The number of likely N-dealkylation sites (N-methyl/N-ethyl adjacent to an activating group) is 1. The fourth-order valence-electron chi connectivity index (χ4n) is 5.25. The van der Waals surface area contributed by atoms with Gasteiger partial charge in [0, 0.05) is 20.2 Å². The van der Waals surface area contributed by atoms with Crippen molar-refractivity contribution in [3.63, 3.8) is 0 Å². The maximum absolute atomic E-state index is 13.4. The van der Waals surface area contributed by atoms with E-state index in [1.807, 2.05) is 18.2 Å². The second-order valence-electron chi connectivity index (χ2n) is 11.6. The lowest BCUT2D eigenvalue weighted by molar-refractivity contribution is -0.175. The maximum atomic E-state index is 13.4. The van der Waals surface area contributed by atoms with Crippen LogP contribution in [0.5, 0.6) is 5.75 Å². The fourth-order valence-corrected chi connectivity index (χ4v) is 5.25. The van der Waals surface area contributed by atoms with Crippen molar-refractivity contribution >= 4 is 28.6 Å². The molecule has 0 saturated carbocycles. The highest BCUT2D eigenvalue weighted by Crippen LogP contribution is 2.23. The number of nitrogens with zero attached hydrogens (tertiary/aromatic N) is 1. The molecule has 2 N–H and O–H groups in total. The van der Waals surface area contributed by atoms with Gasteiger partial charge in [0.25, 0.3) is 5.91 Å². The number of amides is 1. The Labute approximate surface area is 266 Å². The van der Waals surface area contributed by atoms with E-state index in [9.17, 15) is 19.5 Å². The third-order valence-corrected chi connectivity index (χ3v) is 8.07. The van der Waals surface area contributed by atoms with Crippen LogP contribution in [0.25, 0.3) is 10.8 Å². The summed E-state index contributed by atoms with van der Waals surface area (Å²) in [6.45, 7) is 3.91. The standard InChI is InChI=1S/C36H47NO8/c1-25-13-14-27(21-26(25)2)11-8-6-10-20-44-33(34(36(41)42)45-24-32(38)39)35(40)37(3)19-9-5-7-12-28-15-16-30-23-31(43-4)18-17-29(30)22-28/h13-18,21-23,33-34H,5-12,19-20,24H2,1-4H3,(H,38,39)(H,41,42). The highest BCUT2D eigenvalue weighted by molar-refractivity contribution is 5.88. The van der Waals surface area contributed by atoms with Crippen LogP contribution in [0.15, 0.2) is 54.6 Å². The Bertz CT molecular complexity index is 1420. The van der Waals surface area contributed by atoms with Gasteiger partial charge in [-0.2, -0.15) is 0 Å². The molecule has 3 aromatic carbocycles. The first-order chi connectivity index (χ1) is 21.6. The van der Waals surface area contributed by atoms with Crippen molar-refractivity contribution in [1.29, 1.82) is 0 Å².